The normalized spacial score (nSPS) is 14.2. The Bertz CT molecular complexity index is 1230. The van der Waals surface area contributed by atoms with E-state index in [-0.39, 0.29) is 0 Å². The largest absolute Gasteiger partial charge is 0.478 e. The average molecular weight is 543 g/mol. The quantitative estimate of drug-likeness (QED) is 0.254. The monoisotopic (exact) mass is 542 g/mol. The summed E-state index contributed by atoms with van der Waals surface area (Å²) < 4.78 is 6.08. The van der Waals surface area contributed by atoms with Crippen LogP contribution < -0.4 is 0 Å². The third kappa shape index (κ3) is 11.4. The zero-order valence-electron chi connectivity index (χ0n) is 23.0. The van der Waals surface area contributed by atoms with Crippen LogP contribution in [0, 0.1) is 6.92 Å². The molecule has 0 spiro atoms. The molecule has 0 bridgehead atoms. The Kier molecular flexibility index (Phi) is 12.8. The van der Waals surface area contributed by atoms with Gasteiger partial charge in [0, 0.05) is 51.4 Å². The Morgan fingerprint density at radius 3 is 2.05 bits per heavy atom. The van der Waals surface area contributed by atoms with Crippen molar-refractivity contribution >= 4 is 18.0 Å². The number of benzene rings is 3. The van der Waals surface area contributed by atoms with E-state index in [1.807, 2.05) is 0 Å². The van der Waals surface area contributed by atoms with E-state index in [0.29, 0.717) is 18.8 Å². The minimum atomic E-state index is -1.26. The van der Waals surface area contributed by atoms with Crippen LogP contribution >= 0.6 is 0 Å². The van der Waals surface area contributed by atoms with Gasteiger partial charge in [-0.1, -0.05) is 96.6 Å². The Balaban J connectivity index is 0.000000482. The van der Waals surface area contributed by atoms with Crippen molar-refractivity contribution in [2.75, 3.05) is 45.9 Å². The van der Waals surface area contributed by atoms with Gasteiger partial charge in [-0.3, -0.25) is 9.80 Å². The molecule has 3 aromatic carbocycles. The third-order valence-corrected chi connectivity index (χ3v) is 6.50. The highest BCUT2D eigenvalue weighted by molar-refractivity contribution is 5.89. The molecule has 1 aliphatic heterocycles. The van der Waals surface area contributed by atoms with Crippen molar-refractivity contribution in [1.82, 2.24) is 9.80 Å². The fraction of sp³-hybridized carbons (Fsp3) is 0.273. The molecule has 0 atom stereocenters. The summed E-state index contributed by atoms with van der Waals surface area (Å²) in [6.45, 7) is 10.1. The van der Waals surface area contributed by atoms with Crippen molar-refractivity contribution in [3.63, 3.8) is 0 Å². The molecular formula is C33H38N2O5. The maximum Gasteiger partial charge on any atom is 0.328 e. The first-order valence-corrected chi connectivity index (χ1v) is 13.4. The zero-order chi connectivity index (χ0) is 28.6. The molecule has 1 heterocycles. The second-order valence-corrected chi connectivity index (χ2v) is 9.54. The van der Waals surface area contributed by atoms with E-state index in [2.05, 4.69) is 108 Å². The first-order valence-electron chi connectivity index (χ1n) is 13.4. The van der Waals surface area contributed by atoms with Crippen molar-refractivity contribution < 1.29 is 24.5 Å². The number of aliphatic carboxylic acids is 2. The highest BCUT2D eigenvalue weighted by atomic mass is 16.5. The highest BCUT2D eigenvalue weighted by Crippen LogP contribution is 2.24. The minimum absolute atomic E-state index is 0.558. The molecule has 4 rings (SSSR count). The number of ether oxygens (including phenoxy) is 1. The first kappa shape index (κ1) is 30.5. The van der Waals surface area contributed by atoms with Gasteiger partial charge in [-0.15, -0.1) is 0 Å². The topological polar surface area (TPSA) is 90.3 Å². The summed E-state index contributed by atoms with van der Waals surface area (Å²) in [4.78, 5) is 24.1. The van der Waals surface area contributed by atoms with Crippen LogP contribution in [-0.4, -0.2) is 77.8 Å². The van der Waals surface area contributed by atoms with E-state index >= 15 is 0 Å². The smallest absolute Gasteiger partial charge is 0.328 e. The van der Waals surface area contributed by atoms with Gasteiger partial charge in [0.15, 0.2) is 0 Å². The van der Waals surface area contributed by atoms with Crippen LogP contribution in [0.25, 0.3) is 17.2 Å². The van der Waals surface area contributed by atoms with Crippen LogP contribution in [0.1, 0.15) is 16.7 Å². The van der Waals surface area contributed by atoms with Gasteiger partial charge >= 0.3 is 11.9 Å². The summed E-state index contributed by atoms with van der Waals surface area (Å²) in [5.74, 6) is -2.51. The van der Waals surface area contributed by atoms with Gasteiger partial charge in [0.1, 0.15) is 0 Å². The van der Waals surface area contributed by atoms with Crippen LogP contribution in [0.3, 0.4) is 0 Å². The second-order valence-electron chi connectivity index (χ2n) is 9.54. The molecule has 2 N–H and O–H groups in total. The predicted octanol–water partition coefficient (Wildman–Crippen LogP) is 5.22. The van der Waals surface area contributed by atoms with E-state index in [1.165, 1.54) is 27.8 Å². The Hall–Kier alpha value is -4.04. The minimum Gasteiger partial charge on any atom is -0.478 e. The first-order chi connectivity index (χ1) is 19.4. The summed E-state index contributed by atoms with van der Waals surface area (Å²) in [6.07, 6.45) is 5.61. The number of piperazine rings is 1. The molecule has 0 aliphatic carbocycles. The molecule has 7 heteroatoms. The lowest BCUT2D eigenvalue weighted by molar-refractivity contribution is -0.134. The average Bonchev–Trinajstić information content (AvgIpc) is 2.97. The van der Waals surface area contributed by atoms with Crippen LogP contribution in [0.2, 0.25) is 0 Å². The SMILES string of the molecule is Cc1ccc(-c2ccccc2COCCN2CCN(CC=Cc3ccccc3)CC2)cc1.O=C(O)C=CC(=O)O. The molecule has 0 amide bonds. The number of carboxylic acid groups (broad SMARTS) is 2. The number of carbonyl (C=O) groups is 2. The third-order valence-electron chi connectivity index (χ3n) is 6.50. The van der Waals surface area contributed by atoms with Gasteiger partial charge in [0.05, 0.1) is 13.2 Å². The molecule has 0 saturated carbocycles. The van der Waals surface area contributed by atoms with Crippen molar-refractivity contribution in [1.29, 1.82) is 0 Å². The number of nitrogens with zero attached hydrogens (tertiary/aromatic N) is 2. The van der Waals surface area contributed by atoms with Crippen LogP contribution in [0.4, 0.5) is 0 Å². The summed E-state index contributed by atoms with van der Waals surface area (Å²) in [7, 11) is 0. The molecule has 40 heavy (non-hydrogen) atoms. The fourth-order valence-corrected chi connectivity index (χ4v) is 4.28. The molecule has 210 valence electrons. The summed E-state index contributed by atoms with van der Waals surface area (Å²) in [6, 6.07) is 27.8. The maximum absolute atomic E-state index is 9.55. The van der Waals surface area contributed by atoms with Crippen molar-refractivity contribution in [2.24, 2.45) is 0 Å². The van der Waals surface area contributed by atoms with Crippen molar-refractivity contribution in [2.45, 2.75) is 13.5 Å². The van der Waals surface area contributed by atoms with Gasteiger partial charge in [-0.2, -0.15) is 0 Å². The molecule has 1 saturated heterocycles. The summed E-state index contributed by atoms with van der Waals surface area (Å²) in [5, 5.41) is 15.6. The molecule has 0 aromatic heterocycles. The van der Waals surface area contributed by atoms with E-state index in [0.717, 1.165) is 45.9 Å². The van der Waals surface area contributed by atoms with Crippen molar-refractivity contribution in [3.05, 3.63) is 114 Å². The molecule has 1 aliphatic rings. The Morgan fingerprint density at radius 1 is 0.800 bits per heavy atom. The zero-order valence-corrected chi connectivity index (χ0v) is 23.0. The highest BCUT2D eigenvalue weighted by Gasteiger charge is 2.15. The van der Waals surface area contributed by atoms with Gasteiger partial charge in [0.2, 0.25) is 0 Å². The van der Waals surface area contributed by atoms with Crippen molar-refractivity contribution in [3.8, 4) is 11.1 Å². The molecule has 0 unspecified atom stereocenters. The number of rotatable bonds is 11. The fourth-order valence-electron chi connectivity index (χ4n) is 4.28. The standard InChI is InChI=1S/C29H34N2O.C4H4O4/c1-25-13-15-27(16-14-25)29-12-6-5-11-28(29)24-32-23-22-31-20-18-30(19-21-31)17-7-10-26-8-3-2-4-9-26;5-3(6)1-2-4(7)8/h2-16H,17-24H2,1H3;1-2H,(H,5,6)(H,7,8). The summed E-state index contributed by atoms with van der Waals surface area (Å²) >= 11 is 0. The molecule has 3 aromatic rings. The second kappa shape index (κ2) is 16.8. The lowest BCUT2D eigenvalue weighted by Gasteiger charge is -2.34. The molecular weight excluding hydrogens is 504 g/mol. The number of hydrogen-bond donors (Lipinski definition) is 2. The summed E-state index contributed by atoms with van der Waals surface area (Å²) in [5.41, 5.74) is 6.34. The van der Waals surface area contributed by atoms with E-state index < -0.39 is 11.9 Å². The number of aryl methyl sites for hydroxylation is 1. The lowest BCUT2D eigenvalue weighted by atomic mass is 9.99. The molecule has 7 nitrogen and oxygen atoms in total. The van der Waals surface area contributed by atoms with Gasteiger partial charge in [-0.05, 0) is 29.2 Å². The molecule has 0 radical (unpaired) electrons. The predicted molar refractivity (Wildman–Crippen MR) is 159 cm³/mol. The Morgan fingerprint density at radius 2 is 1.40 bits per heavy atom. The van der Waals surface area contributed by atoms with Crippen LogP contribution in [0.15, 0.2) is 97.1 Å². The van der Waals surface area contributed by atoms with Crippen LogP contribution in [-0.2, 0) is 20.9 Å². The van der Waals surface area contributed by atoms with Crippen LogP contribution in [0.5, 0.6) is 0 Å². The molecule has 1 fully saturated rings. The van der Waals surface area contributed by atoms with Gasteiger partial charge in [0.25, 0.3) is 0 Å². The van der Waals surface area contributed by atoms with E-state index in [1.54, 1.807) is 0 Å². The number of carboxylic acids is 2. The number of hydrogen-bond acceptors (Lipinski definition) is 5. The van der Waals surface area contributed by atoms with E-state index in [9.17, 15) is 9.59 Å². The lowest BCUT2D eigenvalue weighted by Crippen LogP contribution is -2.47. The van der Waals surface area contributed by atoms with Gasteiger partial charge in [-0.25, -0.2) is 9.59 Å². The van der Waals surface area contributed by atoms with E-state index in [4.69, 9.17) is 14.9 Å². The van der Waals surface area contributed by atoms with Gasteiger partial charge < -0.3 is 14.9 Å². The Labute approximate surface area is 236 Å². The maximum atomic E-state index is 9.55.